The molecule has 2 rings (SSSR count). The van der Waals surface area contributed by atoms with E-state index < -0.39 is 9.84 Å². The van der Waals surface area contributed by atoms with Gasteiger partial charge in [0.25, 0.3) is 0 Å². The molecule has 3 atom stereocenters. The Bertz CT molecular complexity index is 536. The largest absolute Gasteiger partial charge is 0.382 e. The Morgan fingerprint density at radius 2 is 1.80 bits per heavy atom. The lowest BCUT2D eigenvalue weighted by molar-refractivity contribution is 0.280. The molecule has 3 nitrogen and oxygen atoms in total. The monoisotopic (exact) mass is 295 g/mol. The van der Waals surface area contributed by atoms with Crippen LogP contribution in [0.15, 0.2) is 29.2 Å². The molecule has 0 saturated heterocycles. The standard InChI is InChI=1S/C16H25NO2S/c1-4-20(18,19)15-9-7-14(8-10-15)17-16-11-12(2)5-6-13(16)3/h7-10,12-13,16-17H,4-6,11H2,1-3H3. The fraction of sp³-hybridized carbons (Fsp3) is 0.625. The van der Waals surface area contributed by atoms with Crippen LogP contribution in [0.3, 0.4) is 0 Å². The molecule has 112 valence electrons. The lowest BCUT2D eigenvalue weighted by Crippen LogP contribution is -2.33. The Balaban J connectivity index is 2.07. The maximum absolute atomic E-state index is 11.8. The maximum atomic E-state index is 11.8. The van der Waals surface area contributed by atoms with Gasteiger partial charge in [0.05, 0.1) is 10.6 Å². The van der Waals surface area contributed by atoms with Crippen molar-refractivity contribution in [2.45, 2.75) is 51.0 Å². The Kier molecular flexibility index (Phi) is 4.74. The van der Waals surface area contributed by atoms with Crippen LogP contribution < -0.4 is 5.32 Å². The fourth-order valence-corrected chi connectivity index (χ4v) is 3.76. The normalized spacial score (nSPS) is 27.2. The van der Waals surface area contributed by atoms with Gasteiger partial charge in [-0.3, -0.25) is 0 Å². The molecule has 4 heteroatoms. The van der Waals surface area contributed by atoms with E-state index in [1.807, 2.05) is 12.1 Å². The van der Waals surface area contributed by atoms with Gasteiger partial charge >= 0.3 is 0 Å². The molecule has 1 aliphatic rings. The van der Waals surface area contributed by atoms with Gasteiger partial charge < -0.3 is 5.32 Å². The molecule has 3 unspecified atom stereocenters. The summed E-state index contributed by atoms with van der Waals surface area (Å²) >= 11 is 0. The lowest BCUT2D eigenvalue weighted by Gasteiger charge is -2.34. The van der Waals surface area contributed by atoms with Crippen LogP contribution in [0.2, 0.25) is 0 Å². The second-order valence-corrected chi connectivity index (χ2v) is 8.35. The van der Waals surface area contributed by atoms with Crippen molar-refractivity contribution in [3.05, 3.63) is 24.3 Å². The molecular formula is C16H25NO2S. The Labute approximate surface area is 122 Å². The van der Waals surface area contributed by atoms with Gasteiger partial charge in [-0.2, -0.15) is 0 Å². The van der Waals surface area contributed by atoms with Crippen molar-refractivity contribution in [2.75, 3.05) is 11.1 Å². The first kappa shape index (κ1) is 15.4. The Morgan fingerprint density at radius 1 is 1.15 bits per heavy atom. The van der Waals surface area contributed by atoms with Gasteiger partial charge in [0.1, 0.15) is 0 Å². The van der Waals surface area contributed by atoms with Gasteiger partial charge in [0.15, 0.2) is 9.84 Å². The minimum atomic E-state index is -3.10. The van der Waals surface area contributed by atoms with Gasteiger partial charge in [-0.15, -0.1) is 0 Å². The highest BCUT2D eigenvalue weighted by molar-refractivity contribution is 7.91. The molecule has 1 aliphatic carbocycles. The third kappa shape index (κ3) is 3.54. The minimum Gasteiger partial charge on any atom is -0.382 e. The predicted octanol–water partition coefficient (Wildman–Crippen LogP) is 3.72. The van der Waals surface area contributed by atoms with E-state index in [0.29, 0.717) is 16.9 Å². The zero-order chi connectivity index (χ0) is 14.8. The molecule has 1 saturated carbocycles. The second kappa shape index (κ2) is 6.17. The lowest BCUT2D eigenvalue weighted by atomic mass is 9.80. The Morgan fingerprint density at radius 3 is 2.40 bits per heavy atom. The molecule has 1 aromatic carbocycles. The summed E-state index contributed by atoms with van der Waals surface area (Å²) in [7, 11) is -3.10. The van der Waals surface area contributed by atoms with Crippen LogP contribution in [-0.4, -0.2) is 20.2 Å². The van der Waals surface area contributed by atoms with Gasteiger partial charge in [0.2, 0.25) is 0 Å². The summed E-state index contributed by atoms with van der Waals surface area (Å²) in [5.41, 5.74) is 1.02. The summed E-state index contributed by atoms with van der Waals surface area (Å²) in [6.07, 6.45) is 3.77. The highest BCUT2D eigenvalue weighted by Gasteiger charge is 2.25. The zero-order valence-corrected chi connectivity index (χ0v) is 13.4. The van der Waals surface area contributed by atoms with Crippen LogP contribution in [0, 0.1) is 11.8 Å². The minimum absolute atomic E-state index is 0.150. The third-order valence-corrected chi connectivity index (χ3v) is 6.15. The van der Waals surface area contributed by atoms with Crippen molar-refractivity contribution in [1.82, 2.24) is 0 Å². The van der Waals surface area contributed by atoms with E-state index in [9.17, 15) is 8.42 Å². The summed E-state index contributed by atoms with van der Waals surface area (Å²) in [4.78, 5) is 0.413. The topological polar surface area (TPSA) is 46.2 Å². The first-order valence-corrected chi connectivity index (χ1v) is 9.17. The van der Waals surface area contributed by atoms with E-state index >= 15 is 0 Å². The van der Waals surface area contributed by atoms with E-state index in [-0.39, 0.29) is 5.75 Å². The number of benzene rings is 1. The van der Waals surface area contributed by atoms with Crippen molar-refractivity contribution < 1.29 is 8.42 Å². The summed E-state index contributed by atoms with van der Waals surface area (Å²) in [5.74, 6) is 1.59. The van der Waals surface area contributed by atoms with Crippen LogP contribution in [-0.2, 0) is 9.84 Å². The highest BCUT2D eigenvalue weighted by Crippen LogP contribution is 2.30. The molecule has 0 heterocycles. The van der Waals surface area contributed by atoms with Crippen LogP contribution in [0.1, 0.15) is 40.0 Å². The van der Waals surface area contributed by atoms with Gasteiger partial charge in [-0.1, -0.05) is 27.2 Å². The molecule has 0 aromatic heterocycles. The Hall–Kier alpha value is -1.03. The van der Waals surface area contributed by atoms with Crippen LogP contribution >= 0.6 is 0 Å². The second-order valence-electron chi connectivity index (χ2n) is 6.07. The smallest absolute Gasteiger partial charge is 0.178 e. The molecule has 1 aromatic rings. The van der Waals surface area contributed by atoms with E-state index in [1.165, 1.54) is 19.3 Å². The fourth-order valence-electron chi connectivity index (χ4n) is 2.87. The molecule has 1 fully saturated rings. The molecule has 20 heavy (non-hydrogen) atoms. The first-order valence-electron chi connectivity index (χ1n) is 7.51. The maximum Gasteiger partial charge on any atom is 0.178 e. The van der Waals surface area contributed by atoms with E-state index in [1.54, 1.807) is 19.1 Å². The van der Waals surface area contributed by atoms with Crippen LogP contribution in [0.25, 0.3) is 0 Å². The van der Waals surface area contributed by atoms with Crippen molar-refractivity contribution in [3.8, 4) is 0 Å². The summed E-state index contributed by atoms with van der Waals surface area (Å²) in [6, 6.07) is 7.67. The van der Waals surface area contributed by atoms with Crippen LogP contribution in [0.4, 0.5) is 5.69 Å². The number of rotatable bonds is 4. The molecule has 0 aliphatic heterocycles. The number of anilines is 1. The van der Waals surface area contributed by atoms with Gasteiger partial charge in [-0.05, 0) is 48.9 Å². The molecule has 0 spiro atoms. The summed E-state index contributed by atoms with van der Waals surface area (Å²) in [5, 5.41) is 3.56. The molecular weight excluding hydrogens is 270 g/mol. The van der Waals surface area contributed by atoms with Gasteiger partial charge in [0, 0.05) is 11.7 Å². The average Bonchev–Trinajstić information content (AvgIpc) is 2.43. The molecule has 0 bridgehead atoms. The van der Waals surface area contributed by atoms with Crippen molar-refractivity contribution in [2.24, 2.45) is 11.8 Å². The van der Waals surface area contributed by atoms with E-state index in [2.05, 4.69) is 19.2 Å². The molecule has 0 amide bonds. The SMILES string of the molecule is CCS(=O)(=O)c1ccc(NC2CC(C)CCC2C)cc1. The predicted molar refractivity (Wildman–Crippen MR) is 83.8 cm³/mol. The number of sulfone groups is 1. The molecule has 1 N–H and O–H groups in total. The average molecular weight is 295 g/mol. The van der Waals surface area contributed by atoms with Crippen molar-refractivity contribution >= 4 is 15.5 Å². The van der Waals surface area contributed by atoms with Crippen LogP contribution in [0.5, 0.6) is 0 Å². The van der Waals surface area contributed by atoms with E-state index in [0.717, 1.165) is 11.6 Å². The van der Waals surface area contributed by atoms with Crippen molar-refractivity contribution in [1.29, 1.82) is 0 Å². The molecule has 0 radical (unpaired) electrons. The van der Waals surface area contributed by atoms with Gasteiger partial charge in [-0.25, -0.2) is 8.42 Å². The summed E-state index contributed by atoms with van der Waals surface area (Å²) < 4.78 is 23.6. The van der Waals surface area contributed by atoms with E-state index in [4.69, 9.17) is 0 Å². The number of hydrogen-bond acceptors (Lipinski definition) is 3. The quantitative estimate of drug-likeness (QED) is 0.921. The first-order chi connectivity index (χ1) is 9.42. The third-order valence-electron chi connectivity index (χ3n) is 4.40. The number of nitrogens with one attached hydrogen (secondary N) is 1. The zero-order valence-electron chi connectivity index (χ0n) is 12.6. The number of hydrogen-bond donors (Lipinski definition) is 1. The highest BCUT2D eigenvalue weighted by atomic mass is 32.2. The van der Waals surface area contributed by atoms with Crippen molar-refractivity contribution in [3.63, 3.8) is 0 Å². The summed E-state index contributed by atoms with van der Waals surface area (Å²) in [6.45, 7) is 6.27.